The van der Waals surface area contributed by atoms with Crippen LogP contribution in [-0.2, 0) is 11.2 Å². The molecule has 0 atom stereocenters. The standard InChI is InChI=1S/C21H25NO2/c23-20-13-6-16(7-14-20)8-15-21(24)22-19-11-9-18(10-12-19)17-4-2-1-3-5-17/h1-7,13-14,18-19,23H,8-12,15H2,(H,22,24). The van der Waals surface area contributed by atoms with Crippen LogP contribution >= 0.6 is 0 Å². The average Bonchev–Trinajstić information content (AvgIpc) is 2.63. The lowest BCUT2D eigenvalue weighted by molar-refractivity contribution is -0.122. The zero-order chi connectivity index (χ0) is 16.8. The van der Waals surface area contributed by atoms with Crippen LogP contribution in [0.15, 0.2) is 54.6 Å². The summed E-state index contributed by atoms with van der Waals surface area (Å²) in [6, 6.07) is 18.1. The van der Waals surface area contributed by atoms with Gasteiger partial charge in [-0.3, -0.25) is 4.79 Å². The minimum Gasteiger partial charge on any atom is -0.508 e. The van der Waals surface area contributed by atoms with Crippen LogP contribution in [0.1, 0.15) is 49.1 Å². The van der Waals surface area contributed by atoms with Gasteiger partial charge in [-0.1, -0.05) is 42.5 Å². The number of carbonyl (C=O) groups excluding carboxylic acids is 1. The van der Waals surface area contributed by atoms with Gasteiger partial charge >= 0.3 is 0 Å². The molecule has 1 amide bonds. The minimum atomic E-state index is 0.131. The smallest absolute Gasteiger partial charge is 0.220 e. The maximum atomic E-state index is 12.1. The number of phenols is 1. The summed E-state index contributed by atoms with van der Waals surface area (Å²) < 4.78 is 0. The van der Waals surface area contributed by atoms with E-state index in [9.17, 15) is 9.90 Å². The highest BCUT2D eigenvalue weighted by Crippen LogP contribution is 2.32. The Morgan fingerprint density at radius 2 is 1.62 bits per heavy atom. The Kier molecular flexibility index (Phi) is 5.52. The number of hydrogen-bond donors (Lipinski definition) is 2. The third-order valence-corrected chi connectivity index (χ3v) is 4.94. The van der Waals surface area contributed by atoms with E-state index in [0.717, 1.165) is 31.2 Å². The molecule has 1 aliphatic rings. The van der Waals surface area contributed by atoms with Gasteiger partial charge in [0.2, 0.25) is 5.91 Å². The van der Waals surface area contributed by atoms with Crippen LogP contribution < -0.4 is 5.32 Å². The average molecular weight is 323 g/mol. The summed E-state index contributed by atoms with van der Waals surface area (Å²) in [4.78, 5) is 12.1. The molecule has 0 spiro atoms. The molecule has 1 fully saturated rings. The molecule has 2 aromatic rings. The van der Waals surface area contributed by atoms with Crippen molar-refractivity contribution in [1.82, 2.24) is 5.32 Å². The molecule has 3 nitrogen and oxygen atoms in total. The van der Waals surface area contributed by atoms with Crippen LogP contribution in [0.25, 0.3) is 0 Å². The molecule has 0 saturated heterocycles. The molecule has 0 aromatic heterocycles. The Morgan fingerprint density at radius 3 is 2.29 bits per heavy atom. The monoisotopic (exact) mass is 323 g/mol. The first-order valence-corrected chi connectivity index (χ1v) is 8.83. The van der Waals surface area contributed by atoms with E-state index in [1.54, 1.807) is 12.1 Å². The van der Waals surface area contributed by atoms with Gasteiger partial charge in [-0.25, -0.2) is 0 Å². The minimum absolute atomic E-state index is 0.131. The van der Waals surface area contributed by atoms with E-state index in [2.05, 4.69) is 35.6 Å². The van der Waals surface area contributed by atoms with Gasteiger partial charge in [0.05, 0.1) is 0 Å². The third-order valence-electron chi connectivity index (χ3n) is 4.94. The van der Waals surface area contributed by atoms with Crippen LogP contribution in [0.2, 0.25) is 0 Å². The SMILES string of the molecule is O=C(CCc1ccc(O)cc1)NC1CCC(c2ccccc2)CC1. The zero-order valence-corrected chi connectivity index (χ0v) is 13.9. The number of aromatic hydroxyl groups is 1. The van der Waals surface area contributed by atoms with Crippen molar-refractivity contribution in [1.29, 1.82) is 0 Å². The van der Waals surface area contributed by atoms with Gasteiger partial charge in [0.25, 0.3) is 0 Å². The largest absolute Gasteiger partial charge is 0.508 e. The first-order chi connectivity index (χ1) is 11.7. The number of aryl methyl sites for hydroxylation is 1. The molecule has 0 heterocycles. The highest BCUT2D eigenvalue weighted by Gasteiger charge is 2.23. The molecule has 24 heavy (non-hydrogen) atoms. The van der Waals surface area contributed by atoms with E-state index in [4.69, 9.17) is 0 Å². The molecule has 1 saturated carbocycles. The maximum absolute atomic E-state index is 12.1. The lowest BCUT2D eigenvalue weighted by Crippen LogP contribution is -2.37. The molecule has 1 aliphatic carbocycles. The van der Waals surface area contributed by atoms with Crippen molar-refractivity contribution >= 4 is 5.91 Å². The van der Waals surface area contributed by atoms with Crippen LogP contribution in [0.3, 0.4) is 0 Å². The predicted octanol–water partition coefficient (Wildman–Crippen LogP) is 4.17. The molecular formula is C21H25NO2. The molecule has 0 radical (unpaired) electrons. The van der Waals surface area contributed by atoms with Crippen molar-refractivity contribution in [3.8, 4) is 5.75 Å². The van der Waals surface area contributed by atoms with Crippen LogP contribution in [0, 0.1) is 0 Å². The Morgan fingerprint density at radius 1 is 0.958 bits per heavy atom. The molecule has 0 unspecified atom stereocenters. The first kappa shape index (κ1) is 16.6. The van der Waals surface area contributed by atoms with E-state index in [1.807, 2.05) is 12.1 Å². The van der Waals surface area contributed by atoms with Crippen molar-refractivity contribution < 1.29 is 9.90 Å². The van der Waals surface area contributed by atoms with Crippen molar-refractivity contribution in [2.24, 2.45) is 0 Å². The summed E-state index contributed by atoms with van der Waals surface area (Å²) in [5.41, 5.74) is 2.50. The van der Waals surface area contributed by atoms with E-state index in [0.29, 0.717) is 24.8 Å². The molecule has 0 bridgehead atoms. The van der Waals surface area contributed by atoms with Crippen LogP contribution in [-0.4, -0.2) is 17.1 Å². The van der Waals surface area contributed by atoms with Crippen LogP contribution in [0.4, 0.5) is 0 Å². The Bertz CT molecular complexity index is 643. The lowest BCUT2D eigenvalue weighted by atomic mass is 9.82. The van der Waals surface area contributed by atoms with Crippen LogP contribution in [0.5, 0.6) is 5.75 Å². The van der Waals surface area contributed by atoms with Gasteiger partial charge in [0, 0.05) is 12.5 Å². The van der Waals surface area contributed by atoms with Crippen molar-refractivity contribution in [2.45, 2.75) is 50.5 Å². The van der Waals surface area contributed by atoms with E-state index in [-0.39, 0.29) is 11.7 Å². The fourth-order valence-corrected chi connectivity index (χ4v) is 3.52. The van der Waals surface area contributed by atoms with Crippen molar-refractivity contribution in [3.05, 3.63) is 65.7 Å². The molecule has 2 N–H and O–H groups in total. The third kappa shape index (κ3) is 4.60. The Hall–Kier alpha value is -2.29. The molecule has 126 valence electrons. The number of hydrogen-bond acceptors (Lipinski definition) is 2. The summed E-state index contributed by atoms with van der Waals surface area (Å²) in [7, 11) is 0. The molecule has 3 heteroatoms. The molecule has 3 rings (SSSR count). The number of phenolic OH excluding ortho intramolecular Hbond substituents is 1. The van der Waals surface area contributed by atoms with Gasteiger partial charge < -0.3 is 10.4 Å². The number of rotatable bonds is 5. The number of benzene rings is 2. The second kappa shape index (κ2) is 8.00. The highest BCUT2D eigenvalue weighted by atomic mass is 16.3. The van der Waals surface area contributed by atoms with Gasteiger partial charge in [-0.05, 0) is 61.3 Å². The summed E-state index contributed by atoms with van der Waals surface area (Å²) >= 11 is 0. The molecule has 0 aliphatic heterocycles. The lowest BCUT2D eigenvalue weighted by Gasteiger charge is -2.29. The maximum Gasteiger partial charge on any atom is 0.220 e. The van der Waals surface area contributed by atoms with E-state index in [1.165, 1.54) is 5.56 Å². The zero-order valence-electron chi connectivity index (χ0n) is 13.9. The highest BCUT2D eigenvalue weighted by molar-refractivity contribution is 5.76. The fourth-order valence-electron chi connectivity index (χ4n) is 3.52. The van der Waals surface area contributed by atoms with Crippen molar-refractivity contribution in [3.63, 3.8) is 0 Å². The van der Waals surface area contributed by atoms with Crippen molar-refractivity contribution in [2.75, 3.05) is 0 Å². The molecular weight excluding hydrogens is 298 g/mol. The number of nitrogens with one attached hydrogen (secondary N) is 1. The van der Waals surface area contributed by atoms with Gasteiger partial charge in [-0.2, -0.15) is 0 Å². The summed E-state index contributed by atoms with van der Waals surface area (Å²) in [6.45, 7) is 0. The number of carbonyl (C=O) groups is 1. The second-order valence-corrected chi connectivity index (χ2v) is 6.69. The summed E-state index contributed by atoms with van der Waals surface area (Å²) in [6.07, 6.45) is 5.63. The summed E-state index contributed by atoms with van der Waals surface area (Å²) in [5.74, 6) is 1.03. The van der Waals surface area contributed by atoms with E-state index >= 15 is 0 Å². The molecule has 2 aromatic carbocycles. The predicted molar refractivity (Wildman–Crippen MR) is 96.0 cm³/mol. The number of amides is 1. The first-order valence-electron chi connectivity index (χ1n) is 8.83. The normalized spacial score (nSPS) is 20.5. The quantitative estimate of drug-likeness (QED) is 0.867. The van der Waals surface area contributed by atoms with Gasteiger partial charge in [-0.15, -0.1) is 0 Å². The second-order valence-electron chi connectivity index (χ2n) is 6.69. The fraction of sp³-hybridized carbons (Fsp3) is 0.381. The Labute approximate surface area is 143 Å². The van der Waals surface area contributed by atoms with Gasteiger partial charge in [0.1, 0.15) is 5.75 Å². The Balaban J connectivity index is 1.41. The summed E-state index contributed by atoms with van der Waals surface area (Å²) in [5, 5.41) is 12.5. The topological polar surface area (TPSA) is 49.3 Å². The van der Waals surface area contributed by atoms with E-state index < -0.39 is 0 Å². The van der Waals surface area contributed by atoms with Gasteiger partial charge in [0.15, 0.2) is 0 Å².